The molecule has 2 N–H and O–H groups in total. The van der Waals surface area contributed by atoms with E-state index in [1.807, 2.05) is 6.92 Å². The summed E-state index contributed by atoms with van der Waals surface area (Å²) in [5.74, 6) is 0.518. The van der Waals surface area contributed by atoms with Gasteiger partial charge in [-0.25, -0.2) is 13.0 Å². The maximum Gasteiger partial charge on any atom is 0.278 e. The number of aryl methyl sites for hydroxylation is 1. The minimum atomic E-state index is -4.00. The standard InChI is InChI=1S/C23H18N4O4S/c1-15-7-9-17(10-8-15)32(29,30)19-13-18-22(25-20-6-2-3-11-26(20)23(18)28)27(21(19)24)14-16-5-4-12-31-16/h2-13,24H,14H2,1H3/p+1. The van der Waals surface area contributed by atoms with Crippen molar-refractivity contribution in [2.45, 2.75) is 23.3 Å². The average molecular weight is 447 g/mol. The number of aromatic nitrogens is 3. The Hall–Kier alpha value is -3.98. The molecule has 5 rings (SSSR count). The number of nitrogen functional groups attached to an aromatic ring is 1. The molecule has 4 aromatic heterocycles. The van der Waals surface area contributed by atoms with Crippen LogP contribution >= 0.6 is 0 Å². The fraction of sp³-hybridized carbons (Fsp3) is 0.0870. The van der Waals surface area contributed by atoms with Crippen LogP contribution in [0.3, 0.4) is 0 Å². The number of sulfone groups is 1. The number of anilines is 1. The molecule has 160 valence electrons. The summed E-state index contributed by atoms with van der Waals surface area (Å²) in [6.45, 7) is 1.98. The van der Waals surface area contributed by atoms with E-state index in [1.165, 1.54) is 33.4 Å². The van der Waals surface area contributed by atoms with Gasteiger partial charge in [-0.1, -0.05) is 28.7 Å². The molecule has 0 saturated heterocycles. The Balaban J connectivity index is 1.87. The maximum absolute atomic E-state index is 13.5. The van der Waals surface area contributed by atoms with Crippen LogP contribution in [0.1, 0.15) is 11.3 Å². The van der Waals surface area contributed by atoms with Crippen molar-refractivity contribution in [2.75, 3.05) is 5.73 Å². The number of rotatable bonds is 4. The third-order valence-electron chi connectivity index (χ3n) is 5.34. The molecule has 8 nitrogen and oxygen atoms in total. The van der Waals surface area contributed by atoms with Gasteiger partial charge in [-0.3, -0.25) is 9.20 Å². The van der Waals surface area contributed by atoms with E-state index in [0.29, 0.717) is 11.4 Å². The number of hydrogen-bond acceptors (Lipinski definition) is 6. The fourth-order valence-corrected chi connectivity index (χ4v) is 5.06. The Bertz CT molecular complexity index is 1640. The lowest BCUT2D eigenvalue weighted by atomic mass is 10.2. The van der Waals surface area contributed by atoms with Gasteiger partial charge in [0.2, 0.25) is 21.3 Å². The summed E-state index contributed by atoms with van der Waals surface area (Å²) in [5.41, 5.74) is 7.64. The molecule has 5 aromatic rings. The van der Waals surface area contributed by atoms with Crippen LogP contribution in [0, 0.1) is 6.92 Å². The topological polar surface area (TPSA) is 112 Å². The predicted molar refractivity (Wildman–Crippen MR) is 118 cm³/mol. The number of furan rings is 1. The highest BCUT2D eigenvalue weighted by Crippen LogP contribution is 2.26. The first-order valence-electron chi connectivity index (χ1n) is 9.84. The largest absolute Gasteiger partial charge is 0.466 e. The van der Waals surface area contributed by atoms with Crippen molar-refractivity contribution in [1.82, 2.24) is 9.38 Å². The minimum Gasteiger partial charge on any atom is -0.466 e. The molecule has 0 amide bonds. The van der Waals surface area contributed by atoms with E-state index >= 15 is 0 Å². The van der Waals surface area contributed by atoms with Crippen molar-refractivity contribution in [3.63, 3.8) is 0 Å². The number of benzene rings is 1. The average Bonchev–Trinajstić information content (AvgIpc) is 3.29. The molecule has 0 aliphatic heterocycles. The molecule has 1 aromatic carbocycles. The van der Waals surface area contributed by atoms with Crippen LogP contribution in [0.5, 0.6) is 0 Å². The number of pyridine rings is 2. The van der Waals surface area contributed by atoms with Gasteiger partial charge in [-0.2, -0.15) is 0 Å². The van der Waals surface area contributed by atoms with Crippen LogP contribution in [0.15, 0.2) is 92.1 Å². The molecule has 0 aliphatic rings. The highest BCUT2D eigenvalue weighted by molar-refractivity contribution is 7.91. The lowest BCUT2D eigenvalue weighted by molar-refractivity contribution is -0.653. The van der Waals surface area contributed by atoms with Gasteiger partial charge in [0.05, 0.1) is 11.2 Å². The van der Waals surface area contributed by atoms with Gasteiger partial charge in [0.25, 0.3) is 11.2 Å². The van der Waals surface area contributed by atoms with E-state index in [1.54, 1.807) is 48.7 Å². The third kappa shape index (κ3) is 3.14. The Morgan fingerprint density at radius 3 is 2.59 bits per heavy atom. The Labute approximate surface area is 183 Å². The van der Waals surface area contributed by atoms with E-state index < -0.39 is 9.84 Å². The summed E-state index contributed by atoms with van der Waals surface area (Å²) in [7, 11) is -4.00. The molecule has 0 aliphatic carbocycles. The number of hydrogen-bond donors (Lipinski definition) is 1. The molecule has 0 unspecified atom stereocenters. The van der Waals surface area contributed by atoms with E-state index in [9.17, 15) is 13.2 Å². The van der Waals surface area contributed by atoms with E-state index in [2.05, 4.69) is 4.98 Å². The van der Waals surface area contributed by atoms with Crippen LogP contribution in [-0.2, 0) is 16.4 Å². The second-order valence-electron chi connectivity index (χ2n) is 7.46. The molecule has 4 heterocycles. The van der Waals surface area contributed by atoms with Crippen LogP contribution in [0.2, 0.25) is 0 Å². The fourth-order valence-electron chi connectivity index (χ4n) is 3.65. The normalized spacial score (nSPS) is 11.9. The summed E-state index contributed by atoms with van der Waals surface area (Å²) in [5, 5.41) is 0.139. The third-order valence-corrected chi connectivity index (χ3v) is 7.14. The zero-order valence-corrected chi connectivity index (χ0v) is 17.9. The van der Waals surface area contributed by atoms with Crippen molar-refractivity contribution >= 4 is 32.3 Å². The molecule has 0 atom stereocenters. The minimum absolute atomic E-state index is 0.0262. The van der Waals surface area contributed by atoms with Gasteiger partial charge in [0.1, 0.15) is 22.6 Å². The Morgan fingerprint density at radius 1 is 1.09 bits per heavy atom. The van der Waals surface area contributed by atoms with E-state index in [-0.39, 0.29) is 38.7 Å². The summed E-state index contributed by atoms with van der Waals surface area (Å²) in [6, 6.07) is 16.4. The zero-order chi connectivity index (χ0) is 22.5. The summed E-state index contributed by atoms with van der Waals surface area (Å²) in [6.07, 6.45) is 3.10. The summed E-state index contributed by atoms with van der Waals surface area (Å²) in [4.78, 5) is 17.8. The summed E-state index contributed by atoms with van der Waals surface area (Å²) < 4.78 is 35.3. The van der Waals surface area contributed by atoms with Gasteiger partial charge in [-0.15, -0.1) is 0 Å². The highest BCUT2D eigenvalue weighted by atomic mass is 32.2. The van der Waals surface area contributed by atoms with Crippen molar-refractivity contribution in [2.24, 2.45) is 0 Å². The molecular formula is C23H19N4O4S+. The van der Waals surface area contributed by atoms with Crippen LogP contribution in [-0.4, -0.2) is 17.8 Å². The lowest BCUT2D eigenvalue weighted by Crippen LogP contribution is -2.42. The first-order valence-corrected chi connectivity index (χ1v) is 11.3. The van der Waals surface area contributed by atoms with Crippen molar-refractivity contribution in [3.05, 3.63) is 94.8 Å². The monoisotopic (exact) mass is 447 g/mol. The van der Waals surface area contributed by atoms with Crippen molar-refractivity contribution in [1.29, 1.82) is 0 Å². The SMILES string of the molecule is Cc1ccc(S(=O)(=O)c2cc3c(=O)n4ccccc4nc3[n+](Cc3ccco3)c2N)cc1. The molecule has 0 spiro atoms. The second kappa shape index (κ2) is 7.31. The van der Waals surface area contributed by atoms with Crippen molar-refractivity contribution < 1.29 is 17.4 Å². The quantitative estimate of drug-likeness (QED) is 0.335. The molecule has 0 saturated carbocycles. The zero-order valence-electron chi connectivity index (χ0n) is 17.1. The van der Waals surface area contributed by atoms with Crippen LogP contribution in [0.4, 0.5) is 5.82 Å². The lowest BCUT2D eigenvalue weighted by Gasteiger charge is -2.12. The smallest absolute Gasteiger partial charge is 0.278 e. The van der Waals surface area contributed by atoms with E-state index in [4.69, 9.17) is 10.2 Å². The number of nitrogens with two attached hydrogens (primary N) is 1. The predicted octanol–water partition coefficient (Wildman–Crippen LogP) is 2.50. The Kier molecular flexibility index (Phi) is 4.56. The van der Waals surface area contributed by atoms with Crippen LogP contribution in [0.25, 0.3) is 16.7 Å². The van der Waals surface area contributed by atoms with Gasteiger partial charge in [0, 0.05) is 6.20 Å². The van der Waals surface area contributed by atoms with Gasteiger partial charge >= 0.3 is 0 Å². The molecular weight excluding hydrogens is 428 g/mol. The van der Waals surface area contributed by atoms with Gasteiger partial charge < -0.3 is 10.2 Å². The Morgan fingerprint density at radius 2 is 1.88 bits per heavy atom. The first-order chi connectivity index (χ1) is 15.4. The van der Waals surface area contributed by atoms with Crippen molar-refractivity contribution in [3.8, 4) is 0 Å². The first kappa shape index (κ1) is 20.0. The van der Waals surface area contributed by atoms with Crippen LogP contribution < -0.4 is 15.9 Å². The molecule has 0 radical (unpaired) electrons. The second-order valence-corrected chi connectivity index (χ2v) is 9.38. The van der Waals surface area contributed by atoms with E-state index in [0.717, 1.165) is 5.56 Å². The number of fused-ring (bicyclic) bond motifs is 2. The molecule has 32 heavy (non-hydrogen) atoms. The molecule has 0 fully saturated rings. The molecule has 0 bridgehead atoms. The van der Waals surface area contributed by atoms with Gasteiger partial charge in [-0.05, 0) is 49.4 Å². The maximum atomic E-state index is 13.5. The summed E-state index contributed by atoms with van der Waals surface area (Å²) >= 11 is 0. The highest BCUT2D eigenvalue weighted by Gasteiger charge is 2.29. The number of nitrogens with zero attached hydrogens (tertiary/aromatic N) is 3. The van der Waals surface area contributed by atoms with Gasteiger partial charge in [0.15, 0.2) is 0 Å². The molecule has 9 heteroatoms.